The molecular weight excluding hydrogens is 487 g/mol. The number of non-ortho nitro benzene ring substituents is 1. The molecule has 0 aromatic heterocycles. The fourth-order valence-electron chi connectivity index (χ4n) is 3.35. The second-order valence-electron chi connectivity index (χ2n) is 8.09. The highest BCUT2D eigenvalue weighted by molar-refractivity contribution is 6.01. The summed E-state index contributed by atoms with van der Waals surface area (Å²) in [7, 11) is 0. The van der Waals surface area contributed by atoms with Gasteiger partial charge in [-0.3, -0.25) is 14.9 Å². The number of ketones is 1. The highest BCUT2D eigenvalue weighted by Crippen LogP contribution is 2.33. The number of aliphatic hydroxyl groups is 1. The van der Waals surface area contributed by atoms with Crippen LogP contribution in [0, 0.1) is 10.1 Å². The number of aliphatic hydroxyl groups excluding tert-OH is 1. The summed E-state index contributed by atoms with van der Waals surface area (Å²) in [5.74, 6) is -1.62. The zero-order chi connectivity index (χ0) is 26.6. The zero-order valence-electron chi connectivity index (χ0n) is 19.1. The van der Waals surface area contributed by atoms with E-state index in [0.717, 1.165) is 36.4 Å². The van der Waals surface area contributed by atoms with Gasteiger partial charge in [0.2, 0.25) is 0 Å². The number of carbonyl (C=O) groups is 2. The lowest BCUT2D eigenvalue weighted by Gasteiger charge is -2.30. The second-order valence-corrected chi connectivity index (χ2v) is 8.09. The fraction of sp³-hybridized carbons (Fsp3) is 0.333. The molecule has 36 heavy (non-hydrogen) atoms. The Kier molecular flexibility index (Phi) is 8.23. The zero-order valence-corrected chi connectivity index (χ0v) is 19.1. The van der Waals surface area contributed by atoms with Gasteiger partial charge in [-0.2, -0.15) is 13.2 Å². The molecule has 1 heterocycles. The van der Waals surface area contributed by atoms with Gasteiger partial charge in [-0.25, -0.2) is 4.79 Å². The number of nitrogens with zero attached hydrogens (tertiary/aromatic N) is 1. The van der Waals surface area contributed by atoms with Crippen molar-refractivity contribution in [3.63, 3.8) is 0 Å². The van der Waals surface area contributed by atoms with Crippen molar-refractivity contribution < 1.29 is 47.0 Å². The number of nitro groups is 1. The lowest BCUT2D eigenvalue weighted by atomic mass is 9.93. The Bertz CT molecular complexity index is 1140. The molecule has 1 aliphatic rings. The van der Waals surface area contributed by atoms with E-state index >= 15 is 0 Å². The Morgan fingerprint density at radius 3 is 2.28 bits per heavy atom. The van der Waals surface area contributed by atoms with E-state index in [1.165, 1.54) is 18.2 Å². The number of nitro benzene ring substituents is 1. The number of hydrogen-bond acceptors (Lipinski definition) is 8. The third-order valence-electron chi connectivity index (χ3n) is 5.13. The number of benzene rings is 2. The molecule has 0 unspecified atom stereocenters. The van der Waals surface area contributed by atoms with Gasteiger partial charge in [-0.05, 0) is 49.8 Å². The molecule has 0 radical (unpaired) electrons. The van der Waals surface area contributed by atoms with E-state index in [4.69, 9.17) is 14.2 Å². The first-order chi connectivity index (χ1) is 16.9. The predicted molar refractivity (Wildman–Crippen MR) is 118 cm³/mol. The van der Waals surface area contributed by atoms with Crippen molar-refractivity contribution in [1.82, 2.24) is 0 Å². The van der Waals surface area contributed by atoms with Crippen molar-refractivity contribution in [2.24, 2.45) is 0 Å². The van der Waals surface area contributed by atoms with E-state index in [9.17, 15) is 38.0 Å². The summed E-state index contributed by atoms with van der Waals surface area (Å²) in [6.45, 7) is 2.83. The van der Waals surface area contributed by atoms with Crippen LogP contribution >= 0.6 is 0 Å². The summed E-state index contributed by atoms with van der Waals surface area (Å²) in [5.41, 5.74) is -1.29. The van der Waals surface area contributed by atoms with Crippen molar-refractivity contribution in [1.29, 1.82) is 0 Å². The molecule has 0 fully saturated rings. The summed E-state index contributed by atoms with van der Waals surface area (Å²) in [6.07, 6.45) is -7.77. The first kappa shape index (κ1) is 27.0. The number of rotatable bonds is 8. The van der Waals surface area contributed by atoms with E-state index < -0.39 is 53.5 Å². The molecule has 2 aromatic carbocycles. The van der Waals surface area contributed by atoms with Crippen molar-refractivity contribution in [3.05, 3.63) is 87.0 Å². The predicted octanol–water partition coefficient (Wildman–Crippen LogP) is 4.15. The average Bonchev–Trinajstić information content (AvgIpc) is 2.82. The first-order valence-corrected chi connectivity index (χ1v) is 10.7. The molecule has 9 nitrogen and oxygen atoms in total. The number of Topliss-reactive ketones (excluding diaryl/α,β-unsaturated/α-hetero) is 1. The lowest BCUT2D eigenvalue weighted by molar-refractivity contribution is -0.384. The summed E-state index contributed by atoms with van der Waals surface area (Å²) < 4.78 is 54.8. The van der Waals surface area contributed by atoms with Gasteiger partial charge in [0.15, 0.2) is 18.2 Å². The molecule has 0 spiro atoms. The van der Waals surface area contributed by atoms with Crippen LogP contribution in [0.25, 0.3) is 0 Å². The number of alkyl halides is 3. The van der Waals surface area contributed by atoms with Gasteiger partial charge < -0.3 is 19.3 Å². The minimum absolute atomic E-state index is 0.000562. The van der Waals surface area contributed by atoms with Gasteiger partial charge in [0, 0.05) is 17.7 Å². The van der Waals surface area contributed by atoms with Crippen LogP contribution in [0.5, 0.6) is 0 Å². The maximum atomic E-state index is 13.0. The van der Waals surface area contributed by atoms with E-state index in [0.29, 0.717) is 0 Å². The molecule has 192 valence electrons. The molecule has 3 atom stereocenters. The normalized spacial score (nSPS) is 19.1. The SMILES string of the molecule is CC(C)O[C@@H]1C=C([C@H](O)c2ccc(C(F)(F)F)cc2)C(=O)[C@@H](COC(=O)c2ccc([N+](=O)[O-])cc2)O1. The molecule has 0 amide bonds. The van der Waals surface area contributed by atoms with Crippen LogP contribution in [-0.4, -0.2) is 46.9 Å². The molecule has 1 N–H and O–H groups in total. The number of carbonyl (C=O) groups excluding carboxylic acids is 2. The third-order valence-corrected chi connectivity index (χ3v) is 5.13. The maximum Gasteiger partial charge on any atom is 0.416 e. The Morgan fingerprint density at radius 1 is 1.14 bits per heavy atom. The van der Waals surface area contributed by atoms with Crippen LogP contribution in [0.15, 0.2) is 60.2 Å². The van der Waals surface area contributed by atoms with Gasteiger partial charge >= 0.3 is 12.1 Å². The highest BCUT2D eigenvalue weighted by atomic mass is 19.4. The van der Waals surface area contributed by atoms with E-state index in [-0.39, 0.29) is 28.5 Å². The highest BCUT2D eigenvalue weighted by Gasteiger charge is 2.37. The summed E-state index contributed by atoms with van der Waals surface area (Å²) >= 11 is 0. The number of esters is 1. The Hall–Kier alpha value is -3.61. The number of hydrogen-bond donors (Lipinski definition) is 1. The van der Waals surface area contributed by atoms with Gasteiger partial charge in [0.05, 0.1) is 22.2 Å². The minimum atomic E-state index is -4.56. The van der Waals surface area contributed by atoms with Crippen molar-refractivity contribution in [2.45, 2.75) is 44.6 Å². The average molecular weight is 509 g/mol. The Balaban J connectivity index is 1.77. The monoisotopic (exact) mass is 509 g/mol. The Labute approximate surface area is 203 Å². The summed E-state index contributed by atoms with van der Waals surface area (Å²) in [6, 6.07) is 8.29. The van der Waals surface area contributed by atoms with Gasteiger partial charge in [-0.15, -0.1) is 0 Å². The van der Waals surface area contributed by atoms with E-state index in [2.05, 4.69) is 0 Å². The largest absolute Gasteiger partial charge is 0.459 e. The fourth-order valence-corrected chi connectivity index (χ4v) is 3.35. The summed E-state index contributed by atoms with van der Waals surface area (Å²) in [5, 5.41) is 21.5. The first-order valence-electron chi connectivity index (χ1n) is 10.7. The Morgan fingerprint density at radius 2 is 1.75 bits per heavy atom. The van der Waals surface area contributed by atoms with Crippen LogP contribution in [0.2, 0.25) is 0 Å². The number of halogens is 3. The van der Waals surface area contributed by atoms with Crippen molar-refractivity contribution >= 4 is 17.4 Å². The second kappa shape index (κ2) is 11.0. The van der Waals surface area contributed by atoms with Gasteiger partial charge in [0.1, 0.15) is 12.7 Å². The molecule has 0 saturated heterocycles. The third kappa shape index (κ3) is 6.53. The quantitative estimate of drug-likeness (QED) is 0.320. The van der Waals surface area contributed by atoms with Crippen LogP contribution in [-0.2, 0) is 25.2 Å². The molecule has 0 saturated carbocycles. The van der Waals surface area contributed by atoms with Crippen molar-refractivity contribution in [2.75, 3.05) is 6.61 Å². The molecule has 1 aliphatic heterocycles. The van der Waals surface area contributed by atoms with Gasteiger partial charge in [0.25, 0.3) is 5.69 Å². The molecular formula is C24H22F3NO8. The standard InChI is InChI=1S/C24H22F3NO8/c1-13(2)35-20-11-18(21(29)14-3-7-16(8-4-14)24(25,26)27)22(30)19(36-20)12-34-23(31)15-5-9-17(10-6-15)28(32)33/h3-11,13,19-21,29H,12H2,1-2H3/t19-,20+,21-/m1/s1. The van der Waals surface area contributed by atoms with E-state index in [1.807, 2.05) is 0 Å². The molecule has 0 bridgehead atoms. The minimum Gasteiger partial charge on any atom is -0.459 e. The van der Waals surface area contributed by atoms with Crippen molar-refractivity contribution in [3.8, 4) is 0 Å². The molecule has 2 aromatic rings. The smallest absolute Gasteiger partial charge is 0.416 e. The maximum absolute atomic E-state index is 13.0. The molecule has 3 rings (SSSR count). The van der Waals surface area contributed by atoms with Crippen LogP contribution in [0.3, 0.4) is 0 Å². The van der Waals surface area contributed by atoms with E-state index in [1.54, 1.807) is 13.8 Å². The number of ether oxygens (including phenoxy) is 3. The van der Waals surface area contributed by atoms with Crippen LogP contribution in [0.1, 0.15) is 41.4 Å². The van der Waals surface area contributed by atoms with Crippen LogP contribution in [0.4, 0.5) is 18.9 Å². The molecule has 12 heteroatoms. The van der Waals surface area contributed by atoms with Gasteiger partial charge in [-0.1, -0.05) is 12.1 Å². The summed E-state index contributed by atoms with van der Waals surface area (Å²) in [4.78, 5) is 35.5. The van der Waals surface area contributed by atoms with Crippen LogP contribution < -0.4 is 0 Å². The topological polar surface area (TPSA) is 125 Å². The lowest BCUT2D eigenvalue weighted by Crippen LogP contribution is -2.41. The molecule has 0 aliphatic carbocycles.